The largest absolute Gasteiger partial charge is 0.494 e. The molecule has 3 aromatic rings. The van der Waals surface area contributed by atoms with Gasteiger partial charge in [0.15, 0.2) is 0 Å². The van der Waals surface area contributed by atoms with E-state index in [1.165, 1.54) is 4.68 Å². The summed E-state index contributed by atoms with van der Waals surface area (Å²) >= 11 is 0. The Balaban J connectivity index is 1.57. The number of aromatic nitrogens is 3. The Morgan fingerprint density at radius 1 is 1.25 bits per heavy atom. The van der Waals surface area contributed by atoms with E-state index < -0.39 is 0 Å². The van der Waals surface area contributed by atoms with Crippen LogP contribution in [-0.4, -0.2) is 33.7 Å². The van der Waals surface area contributed by atoms with Crippen molar-refractivity contribution in [2.24, 2.45) is 5.10 Å². The molecule has 7 heteroatoms. The average Bonchev–Trinajstić information content (AvgIpc) is 3.00. The number of carbonyl (C=O) groups excluding carboxylic acids is 1. The summed E-state index contributed by atoms with van der Waals surface area (Å²) in [4.78, 5) is 12.0. The van der Waals surface area contributed by atoms with E-state index in [1.54, 1.807) is 6.21 Å². The van der Waals surface area contributed by atoms with Gasteiger partial charge in [-0.25, -0.2) is 10.1 Å². The van der Waals surface area contributed by atoms with Gasteiger partial charge >= 0.3 is 0 Å². The molecular formula is C17H17N5O2. The number of carbonyl (C=O) groups is 1. The molecule has 0 aliphatic carbocycles. The fourth-order valence-electron chi connectivity index (χ4n) is 2.20. The van der Waals surface area contributed by atoms with E-state index >= 15 is 0 Å². The van der Waals surface area contributed by atoms with Crippen LogP contribution in [0, 0.1) is 0 Å². The second-order valence-electron chi connectivity index (χ2n) is 5.03. The molecule has 0 spiro atoms. The van der Waals surface area contributed by atoms with Crippen LogP contribution in [0.2, 0.25) is 0 Å². The topological polar surface area (TPSA) is 81.4 Å². The van der Waals surface area contributed by atoms with Gasteiger partial charge in [0.25, 0.3) is 5.91 Å². The van der Waals surface area contributed by atoms with Crippen molar-refractivity contribution in [3.8, 4) is 5.75 Å². The number of hydrogen-bond donors (Lipinski definition) is 1. The van der Waals surface area contributed by atoms with E-state index in [0.717, 1.165) is 22.3 Å². The van der Waals surface area contributed by atoms with E-state index in [0.29, 0.717) is 6.61 Å². The lowest BCUT2D eigenvalue weighted by atomic mass is 10.2. The highest BCUT2D eigenvalue weighted by atomic mass is 16.5. The minimum atomic E-state index is -0.271. The number of ether oxygens (including phenoxy) is 1. The molecule has 1 heterocycles. The lowest BCUT2D eigenvalue weighted by Crippen LogP contribution is -2.23. The van der Waals surface area contributed by atoms with Crippen LogP contribution >= 0.6 is 0 Å². The molecule has 7 nitrogen and oxygen atoms in total. The number of rotatable bonds is 6. The Hall–Kier alpha value is -3.22. The van der Waals surface area contributed by atoms with Crippen LogP contribution in [-0.2, 0) is 11.3 Å². The van der Waals surface area contributed by atoms with Crippen LogP contribution in [0.4, 0.5) is 0 Å². The van der Waals surface area contributed by atoms with Gasteiger partial charge < -0.3 is 4.74 Å². The molecule has 0 aliphatic heterocycles. The predicted octanol–water partition coefficient (Wildman–Crippen LogP) is 1.98. The smallest absolute Gasteiger partial charge is 0.261 e. The third-order valence-electron chi connectivity index (χ3n) is 3.31. The number of fused-ring (bicyclic) bond motifs is 1. The molecule has 1 N–H and O–H groups in total. The van der Waals surface area contributed by atoms with Crippen LogP contribution in [0.5, 0.6) is 5.75 Å². The zero-order valence-electron chi connectivity index (χ0n) is 13.2. The van der Waals surface area contributed by atoms with Crippen molar-refractivity contribution in [2.75, 3.05) is 6.61 Å². The van der Waals surface area contributed by atoms with Gasteiger partial charge in [0.05, 0.1) is 18.3 Å². The summed E-state index contributed by atoms with van der Waals surface area (Å²) in [5, 5.41) is 11.9. The monoisotopic (exact) mass is 323 g/mol. The van der Waals surface area contributed by atoms with E-state index in [4.69, 9.17) is 4.74 Å². The van der Waals surface area contributed by atoms with Gasteiger partial charge in [-0.05, 0) is 48.9 Å². The van der Waals surface area contributed by atoms with E-state index in [2.05, 4.69) is 20.8 Å². The summed E-state index contributed by atoms with van der Waals surface area (Å²) in [5.41, 5.74) is 4.91. The van der Waals surface area contributed by atoms with Crippen LogP contribution < -0.4 is 10.2 Å². The molecule has 0 fully saturated rings. The maximum absolute atomic E-state index is 12.0. The summed E-state index contributed by atoms with van der Waals surface area (Å²) in [7, 11) is 0. The Morgan fingerprint density at radius 3 is 2.83 bits per heavy atom. The second-order valence-corrected chi connectivity index (χ2v) is 5.03. The van der Waals surface area contributed by atoms with Crippen molar-refractivity contribution >= 4 is 23.2 Å². The molecule has 0 radical (unpaired) electrons. The zero-order chi connectivity index (χ0) is 16.8. The summed E-state index contributed by atoms with van der Waals surface area (Å²) in [6, 6.07) is 14.9. The third-order valence-corrected chi connectivity index (χ3v) is 3.31. The van der Waals surface area contributed by atoms with Gasteiger partial charge in [-0.3, -0.25) is 4.79 Å². The highest BCUT2D eigenvalue weighted by Gasteiger charge is 2.07. The molecule has 1 amide bonds. The van der Waals surface area contributed by atoms with E-state index in [1.807, 2.05) is 55.5 Å². The highest BCUT2D eigenvalue weighted by Crippen LogP contribution is 2.11. The number of amides is 1. The first kappa shape index (κ1) is 15.7. The van der Waals surface area contributed by atoms with Gasteiger partial charge in [0.2, 0.25) is 0 Å². The molecule has 122 valence electrons. The van der Waals surface area contributed by atoms with Crippen molar-refractivity contribution < 1.29 is 9.53 Å². The van der Waals surface area contributed by atoms with Crippen LogP contribution in [0.1, 0.15) is 12.5 Å². The first-order valence-corrected chi connectivity index (χ1v) is 7.59. The van der Waals surface area contributed by atoms with Crippen molar-refractivity contribution in [1.82, 2.24) is 20.4 Å². The third kappa shape index (κ3) is 3.75. The summed E-state index contributed by atoms with van der Waals surface area (Å²) in [6.45, 7) is 2.62. The Bertz CT molecular complexity index is 855. The molecule has 24 heavy (non-hydrogen) atoms. The van der Waals surface area contributed by atoms with Gasteiger partial charge in [-0.15, -0.1) is 5.10 Å². The van der Waals surface area contributed by atoms with Crippen molar-refractivity contribution in [1.29, 1.82) is 0 Å². The van der Waals surface area contributed by atoms with E-state index in [-0.39, 0.29) is 12.5 Å². The van der Waals surface area contributed by atoms with Crippen molar-refractivity contribution in [3.05, 3.63) is 54.1 Å². The molecule has 1 aromatic heterocycles. The first-order valence-electron chi connectivity index (χ1n) is 7.59. The van der Waals surface area contributed by atoms with Crippen molar-refractivity contribution in [2.45, 2.75) is 13.5 Å². The molecular weight excluding hydrogens is 306 g/mol. The molecule has 2 aromatic carbocycles. The van der Waals surface area contributed by atoms with E-state index in [9.17, 15) is 4.79 Å². The summed E-state index contributed by atoms with van der Waals surface area (Å²) in [6.07, 6.45) is 1.58. The number of nitrogens with one attached hydrogen (secondary N) is 1. The first-order chi connectivity index (χ1) is 11.8. The summed E-state index contributed by atoms with van der Waals surface area (Å²) in [5.74, 6) is 0.532. The summed E-state index contributed by atoms with van der Waals surface area (Å²) < 4.78 is 6.91. The lowest BCUT2D eigenvalue weighted by Gasteiger charge is -2.02. The molecule has 0 aliphatic rings. The molecule has 0 unspecified atom stereocenters. The van der Waals surface area contributed by atoms with Gasteiger partial charge in [-0.1, -0.05) is 17.3 Å². The number of para-hydroxylation sites is 1. The second kappa shape index (κ2) is 7.36. The predicted molar refractivity (Wildman–Crippen MR) is 90.9 cm³/mol. The molecule has 0 bridgehead atoms. The van der Waals surface area contributed by atoms with Crippen LogP contribution in [0.3, 0.4) is 0 Å². The molecule has 3 rings (SSSR count). The minimum absolute atomic E-state index is 0.0567. The SMILES string of the molecule is CCOc1ccc(/C=N\NC(=O)Cn2nnc3ccccc32)cc1. The van der Waals surface area contributed by atoms with Gasteiger partial charge in [0.1, 0.15) is 17.8 Å². The Labute approximate surface area is 138 Å². The van der Waals surface area contributed by atoms with Gasteiger partial charge in [-0.2, -0.15) is 5.10 Å². The molecule has 0 saturated heterocycles. The average molecular weight is 323 g/mol. The zero-order valence-corrected chi connectivity index (χ0v) is 13.2. The number of benzene rings is 2. The number of hydrazone groups is 1. The number of nitrogens with zero attached hydrogens (tertiary/aromatic N) is 4. The Morgan fingerprint density at radius 2 is 2.04 bits per heavy atom. The lowest BCUT2D eigenvalue weighted by molar-refractivity contribution is -0.121. The fraction of sp³-hybridized carbons (Fsp3) is 0.176. The standard InChI is InChI=1S/C17H17N5O2/c1-2-24-14-9-7-13(8-10-14)11-18-20-17(23)12-22-16-6-4-3-5-15(16)19-21-22/h3-11H,2,12H2,1H3,(H,20,23)/b18-11-. The van der Waals surface area contributed by atoms with Crippen LogP contribution in [0.25, 0.3) is 11.0 Å². The quantitative estimate of drug-likeness (QED) is 0.555. The Kier molecular flexibility index (Phi) is 4.81. The molecule has 0 saturated carbocycles. The highest BCUT2D eigenvalue weighted by molar-refractivity contribution is 5.83. The maximum atomic E-state index is 12.0. The van der Waals surface area contributed by atoms with Gasteiger partial charge in [0, 0.05) is 0 Å². The molecule has 0 atom stereocenters. The van der Waals surface area contributed by atoms with Crippen LogP contribution in [0.15, 0.2) is 53.6 Å². The maximum Gasteiger partial charge on any atom is 0.261 e. The fourth-order valence-corrected chi connectivity index (χ4v) is 2.20. The normalized spacial score (nSPS) is 11.0. The number of hydrogen-bond acceptors (Lipinski definition) is 5. The minimum Gasteiger partial charge on any atom is -0.494 e. The van der Waals surface area contributed by atoms with Crippen molar-refractivity contribution in [3.63, 3.8) is 0 Å².